The number of fused-ring (bicyclic) bond motifs is 2. The molecule has 1 aromatic heterocycles. The third-order valence-electron chi connectivity index (χ3n) is 8.81. The van der Waals surface area contributed by atoms with Gasteiger partial charge >= 0.3 is 6.03 Å². The Bertz CT molecular complexity index is 1600. The molecule has 10 nitrogen and oxygen atoms in total. The number of carbonyl (C=O) groups is 2. The Morgan fingerprint density at radius 1 is 1.02 bits per heavy atom. The normalized spacial score (nSPS) is 21.7. The number of sulfonamides is 1. The molecular formula is C32H38N4O6S. The van der Waals surface area contributed by atoms with Crippen LogP contribution in [0.4, 0.5) is 10.5 Å². The van der Waals surface area contributed by atoms with Gasteiger partial charge in [-0.3, -0.25) is 4.79 Å². The fourth-order valence-corrected chi connectivity index (χ4v) is 6.78. The molecule has 3 heterocycles. The number of benzene rings is 2. The Kier molecular flexibility index (Phi) is 8.04. The molecule has 43 heavy (non-hydrogen) atoms. The van der Waals surface area contributed by atoms with E-state index in [1.165, 1.54) is 26.0 Å². The first-order chi connectivity index (χ1) is 20.6. The van der Waals surface area contributed by atoms with Crippen molar-refractivity contribution in [3.05, 3.63) is 71.0 Å². The molecule has 3 fully saturated rings. The zero-order valence-electron chi connectivity index (χ0n) is 24.7. The van der Waals surface area contributed by atoms with Gasteiger partial charge in [0.2, 0.25) is 10.0 Å². The van der Waals surface area contributed by atoms with Gasteiger partial charge in [-0.05, 0) is 89.1 Å². The summed E-state index contributed by atoms with van der Waals surface area (Å²) in [6, 6.07) is 14.4. The van der Waals surface area contributed by atoms with Gasteiger partial charge in [0.15, 0.2) is 0 Å². The molecule has 3 aliphatic rings. The minimum atomic E-state index is -3.73. The van der Waals surface area contributed by atoms with Crippen molar-refractivity contribution in [2.45, 2.75) is 95.3 Å². The van der Waals surface area contributed by atoms with Gasteiger partial charge < -0.3 is 19.5 Å². The summed E-state index contributed by atoms with van der Waals surface area (Å²) in [6.07, 6.45) is 5.64. The van der Waals surface area contributed by atoms with Crippen LogP contribution < -0.4 is 10.0 Å². The van der Waals surface area contributed by atoms with Gasteiger partial charge in [0.05, 0.1) is 18.0 Å². The first kappa shape index (κ1) is 29.4. The first-order valence-electron chi connectivity index (χ1n) is 15.0. The van der Waals surface area contributed by atoms with Crippen LogP contribution in [-0.2, 0) is 21.4 Å². The molecule has 1 saturated carbocycles. The van der Waals surface area contributed by atoms with E-state index >= 15 is 0 Å². The second kappa shape index (κ2) is 11.8. The number of nitrogens with one attached hydrogen (secondary N) is 2. The van der Waals surface area contributed by atoms with Crippen molar-refractivity contribution in [2.75, 3.05) is 5.32 Å². The molecule has 1 aliphatic carbocycles. The fraction of sp³-hybridized carbons (Fsp3) is 0.469. The number of ether oxygens (including phenoxy) is 1. The van der Waals surface area contributed by atoms with E-state index in [0.717, 1.165) is 66.7 Å². The lowest BCUT2D eigenvalue weighted by molar-refractivity contribution is -0.0158. The highest BCUT2D eigenvalue weighted by atomic mass is 32.2. The Morgan fingerprint density at radius 3 is 2.33 bits per heavy atom. The Labute approximate surface area is 252 Å². The SMILES string of the molecule is Cc1ccccc1-c1noc(C2CC2)c1COC1CC2CCC(C1)N2C(=O)Nc1ccc(C(=O)NS(=O)(=O)C(C)C)cc1. The fourth-order valence-electron chi connectivity index (χ4n) is 6.17. The topological polar surface area (TPSA) is 131 Å². The second-order valence-corrected chi connectivity index (χ2v) is 14.4. The molecule has 3 aromatic rings. The summed E-state index contributed by atoms with van der Waals surface area (Å²) in [4.78, 5) is 27.6. The minimum absolute atomic E-state index is 0.0353. The predicted molar refractivity (Wildman–Crippen MR) is 162 cm³/mol. The van der Waals surface area contributed by atoms with Crippen LogP contribution in [0.3, 0.4) is 0 Å². The van der Waals surface area contributed by atoms with Crippen molar-refractivity contribution in [3.8, 4) is 11.3 Å². The van der Waals surface area contributed by atoms with Gasteiger partial charge in [0.25, 0.3) is 5.91 Å². The highest BCUT2D eigenvalue weighted by Crippen LogP contribution is 2.45. The maximum Gasteiger partial charge on any atom is 0.322 e. The number of amides is 3. The average molecular weight is 607 g/mol. The molecule has 3 amide bonds. The number of nitrogens with zero attached hydrogens (tertiary/aromatic N) is 2. The summed E-state index contributed by atoms with van der Waals surface area (Å²) in [5.74, 6) is 0.665. The van der Waals surface area contributed by atoms with E-state index in [1.54, 1.807) is 12.1 Å². The van der Waals surface area contributed by atoms with Gasteiger partial charge in [-0.15, -0.1) is 0 Å². The highest BCUT2D eigenvalue weighted by molar-refractivity contribution is 7.90. The van der Waals surface area contributed by atoms with Gasteiger partial charge in [-0.1, -0.05) is 29.4 Å². The second-order valence-electron chi connectivity index (χ2n) is 12.2. The maximum atomic E-state index is 13.3. The lowest BCUT2D eigenvalue weighted by Gasteiger charge is -2.38. The van der Waals surface area contributed by atoms with Crippen LogP contribution in [0.2, 0.25) is 0 Å². The average Bonchev–Trinajstić information content (AvgIpc) is 3.67. The third-order valence-corrected chi connectivity index (χ3v) is 10.5. The molecule has 6 rings (SSSR count). The van der Waals surface area contributed by atoms with E-state index in [-0.39, 0.29) is 29.8 Å². The van der Waals surface area contributed by atoms with Crippen molar-refractivity contribution in [1.29, 1.82) is 0 Å². The zero-order valence-corrected chi connectivity index (χ0v) is 25.5. The number of urea groups is 1. The zero-order chi connectivity index (χ0) is 30.3. The van der Waals surface area contributed by atoms with Crippen LogP contribution in [0, 0.1) is 6.92 Å². The number of hydrogen-bond acceptors (Lipinski definition) is 7. The molecule has 11 heteroatoms. The van der Waals surface area contributed by atoms with Crippen molar-refractivity contribution in [3.63, 3.8) is 0 Å². The molecule has 2 N–H and O–H groups in total. The van der Waals surface area contributed by atoms with Gasteiger partial charge in [-0.25, -0.2) is 17.9 Å². The van der Waals surface area contributed by atoms with Crippen LogP contribution in [0.1, 0.15) is 85.5 Å². The van der Waals surface area contributed by atoms with Crippen molar-refractivity contribution < 1.29 is 27.3 Å². The largest absolute Gasteiger partial charge is 0.373 e. The third kappa shape index (κ3) is 6.19. The Hall–Kier alpha value is -3.70. The van der Waals surface area contributed by atoms with Crippen LogP contribution in [-0.4, -0.2) is 53.9 Å². The summed E-state index contributed by atoms with van der Waals surface area (Å²) in [5.41, 5.74) is 4.86. The van der Waals surface area contributed by atoms with Crippen LogP contribution >= 0.6 is 0 Å². The molecule has 2 unspecified atom stereocenters. The summed E-state index contributed by atoms with van der Waals surface area (Å²) in [7, 11) is -3.73. The van der Waals surface area contributed by atoms with Crippen LogP contribution in [0.5, 0.6) is 0 Å². The number of rotatable bonds is 9. The number of hydrogen-bond donors (Lipinski definition) is 2. The maximum absolute atomic E-state index is 13.3. The molecule has 2 saturated heterocycles. The Morgan fingerprint density at radius 2 is 1.70 bits per heavy atom. The van der Waals surface area contributed by atoms with E-state index in [1.807, 2.05) is 17.0 Å². The lowest BCUT2D eigenvalue weighted by atomic mass is 9.99. The van der Waals surface area contributed by atoms with E-state index in [2.05, 4.69) is 34.3 Å². The summed E-state index contributed by atoms with van der Waals surface area (Å²) < 4.78 is 38.5. The standard InChI is InChI=1S/C32H38N4O6S/c1-19(2)43(39,40)35-31(37)22-10-12-23(13-11-22)33-32(38)36-24-14-15-25(36)17-26(16-24)41-18-28-29(27-7-5-4-6-20(27)3)34-42-30(28)21-8-9-21/h4-7,10-13,19,21,24-26H,8-9,14-18H2,1-3H3,(H,33,38)(H,35,37). The first-order valence-corrected chi connectivity index (χ1v) is 16.6. The molecule has 0 spiro atoms. The van der Waals surface area contributed by atoms with E-state index < -0.39 is 21.2 Å². The number of aromatic nitrogens is 1. The Balaban J connectivity index is 1.07. The van der Waals surface area contributed by atoms with Crippen molar-refractivity contribution in [1.82, 2.24) is 14.8 Å². The molecule has 2 aliphatic heterocycles. The monoisotopic (exact) mass is 606 g/mol. The van der Waals surface area contributed by atoms with Crippen molar-refractivity contribution in [2.24, 2.45) is 0 Å². The quantitative estimate of drug-likeness (QED) is 0.318. The predicted octanol–water partition coefficient (Wildman–Crippen LogP) is 5.74. The molecule has 2 atom stereocenters. The van der Waals surface area contributed by atoms with Gasteiger partial charge in [0.1, 0.15) is 11.5 Å². The molecule has 0 radical (unpaired) electrons. The van der Waals surface area contributed by atoms with E-state index in [0.29, 0.717) is 18.2 Å². The number of carbonyl (C=O) groups excluding carboxylic acids is 2. The molecular weight excluding hydrogens is 568 g/mol. The van der Waals surface area contributed by atoms with Crippen LogP contribution in [0.25, 0.3) is 11.3 Å². The van der Waals surface area contributed by atoms with E-state index in [4.69, 9.17) is 9.26 Å². The highest BCUT2D eigenvalue weighted by Gasteiger charge is 2.44. The smallest absolute Gasteiger partial charge is 0.322 e. The summed E-state index contributed by atoms with van der Waals surface area (Å²) in [5, 5.41) is 6.69. The molecule has 228 valence electrons. The van der Waals surface area contributed by atoms with Gasteiger partial charge in [-0.2, -0.15) is 0 Å². The number of aryl methyl sites for hydroxylation is 1. The van der Waals surface area contributed by atoms with Crippen molar-refractivity contribution >= 4 is 27.6 Å². The van der Waals surface area contributed by atoms with Gasteiger partial charge in [0, 0.05) is 40.4 Å². The summed E-state index contributed by atoms with van der Waals surface area (Å²) in [6.45, 7) is 5.52. The van der Waals surface area contributed by atoms with Crippen LogP contribution in [0.15, 0.2) is 53.1 Å². The number of anilines is 1. The molecule has 2 aromatic carbocycles. The minimum Gasteiger partial charge on any atom is -0.373 e. The lowest BCUT2D eigenvalue weighted by Crippen LogP contribution is -2.50. The number of piperidine rings is 1. The van der Waals surface area contributed by atoms with E-state index in [9.17, 15) is 18.0 Å². The summed E-state index contributed by atoms with van der Waals surface area (Å²) >= 11 is 0. The molecule has 2 bridgehead atoms.